The Bertz CT molecular complexity index is 1410. The molecule has 1 N–H and O–H groups in total. The number of aliphatic imine (C=N–C) groups is 1. The number of halogens is 1. The molecule has 0 spiro atoms. The van der Waals surface area contributed by atoms with Crippen LogP contribution in [0.5, 0.6) is 5.88 Å². The molecule has 0 atom stereocenters. The number of carboxylic acids is 1. The van der Waals surface area contributed by atoms with E-state index in [0.29, 0.717) is 25.4 Å². The molecule has 13 heteroatoms. The number of carboxylic acid groups (broad SMARTS) is 1. The number of aromatic nitrogens is 2. The molecule has 0 amide bonds. The minimum absolute atomic E-state index is 0. The number of rotatable bonds is 10. The van der Waals surface area contributed by atoms with Crippen molar-refractivity contribution in [3.05, 3.63) is 83.3 Å². The topological polar surface area (TPSA) is 115 Å². The number of thiocarbonyl (C=S) groups is 1. The van der Waals surface area contributed by atoms with Crippen LogP contribution < -0.4 is 28.7 Å². The van der Waals surface area contributed by atoms with Crippen LogP contribution in [0, 0.1) is 0 Å². The van der Waals surface area contributed by atoms with Gasteiger partial charge in [-0.2, -0.15) is 4.99 Å². The van der Waals surface area contributed by atoms with Gasteiger partial charge in [-0.25, -0.2) is 14.8 Å². The van der Waals surface area contributed by atoms with Gasteiger partial charge in [0, 0.05) is 78.1 Å². The van der Waals surface area contributed by atoms with Gasteiger partial charge >= 0.3 is 5.97 Å². The minimum Gasteiger partial charge on any atom is -1.00 e. The second-order valence-electron chi connectivity index (χ2n) is 10.5. The third-order valence-electron chi connectivity index (χ3n) is 7.33. The molecule has 2 aromatic heterocycles. The van der Waals surface area contributed by atoms with Crippen LogP contribution in [0.25, 0.3) is 0 Å². The van der Waals surface area contributed by atoms with Gasteiger partial charge in [0.25, 0.3) is 6.47 Å². The summed E-state index contributed by atoms with van der Waals surface area (Å²) < 4.78 is 4.96. The van der Waals surface area contributed by atoms with Crippen molar-refractivity contribution in [1.29, 1.82) is 0 Å². The highest BCUT2D eigenvalue weighted by atomic mass is 127. The third-order valence-corrected chi connectivity index (χ3v) is 7.42. The minimum atomic E-state index is -1.02. The van der Waals surface area contributed by atoms with E-state index in [9.17, 15) is 14.7 Å². The number of benzene rings is 1. The molecule has 3 aromatic rings. The van der Waals surface area contributed by atoms with Gasteiger partial charge in [-0.3, -0.25) is 19.5 Å². The SMILES string of the molecule is CN1CCN(Cc2cccc(OC=O)n2)CCN(Cc2ccc(N=C=S)cc2)CCN(Cc2cccc(C(=O)O)n2)CC1.[I-]. The molecule has 1 aliphatic heterocycles. The lowest BCUT2D eigenvalue weighted by atomic mass is 10.2. The number of aromatic carboxylic acids is 1. The average Bonchev–Trinajstić information content (AvgIpc) is 3.00. The molecule has 1 aromatic carbocycles. The first-order chi connectivity index (χ1) is 20.9. The Morgan fingerprint density at radius 1 is 0.864 bits per heavy atom. The van der Waals surface area contributed by atoms with Crippen LogP contribution in [0.1, 0.15) is 27.4 Å². The summed E-state index contributed by atoms with van der Waals surface area (Å²) in [5.74, 6) is -0.725. The monoisotopic (exact) mass is 730 g/mol. The number of hydrogen-bond donors (Lipinski definition) is 1. The van der Waals surface area contributed by atoms with E-state index in [1.807, 2.05) is 30.3 Å². The Morgan fingerprint density at radius 3 is 1.98 bits per heavy atom. The second kappa shape index (κ2) is 18.6. The van der Waals surface area contributed by atoms with Crippen LogP contribution in [0.15, 0.2) is 65.7 Å². The quantitative estimate of drug-likeness (QED) is 0.134. The molecule has 0 unspecified atom stereocenters. The Labute approximate surface area is 280 Å². The maximum atomic E-state index is 11.5. The molecule has 44 heavy (non-hydrogen) atoms. The summed E-state index contributed by atoms with van der Waals surface area (Å²) in [6, 6.07) is 18.7. The number of isothiocyanates is 1. The van der Waals surface area contributed by atoms with E-state index in [0.717, 1.165) is 76.0 Å². The maximum absolute atomic E-state index is 11.5. The van der Waals surface area contributed by atoms with Gasteiger partial charge in [-0.05, 0) is 55.2 Å². The van der Waals surface area contributed by atoms with Crippen molar-refractivity contribution < 1.29 is 43.4 Å². The van der Waals surface area contributed by atoms with Gasteiger partial charge in [-0.1, -0.05) is 24.3 Å². The van der Waals surface area contributed by atoms with Gasteiger partial charge in [-0.15, -0.1) is 0 Å². The van der Waals surface area contributed by atoms with Crippen molar-refractivity contribution in [1.82, 2.24) is 29.6 Å². The van der Waals surface area contributed by atoms with Gasteiger partial charge in [0.05, 0.1) is 22.2 Å². The summed E-state index contributed by atoms with van der Waals surface area (Å²) in [5, 5.41) is 11.8. The zero-order chi connectivity index (χ0) is 30.4. The van der Waals surface area contributed by atoms with Crippen molar-refractivity contribution in [2.75, 3.05) is 59.4 Å². The summed E-state index contributed by atoms with van der Waals surface area (Å²) >= 11 is 4.74. The van der Waals surface area contributed by atoms with Crippen molar-refractivity contribution in [2.24, 2.45) is 4.99 Å². The first-order valence-corrected chi connectivity index (χ1v) is 14.6. The van der Waals surface area contributed by atoms with Crippen molar-refractivity contribution in [2.45, 2.75) is 19.6 Å². The molecule has 11 nitrogen and oxygen atoms in total. The highest BCUT2D eigenvalue weighted by Gasteiger charge is 2.18. The maximum Gasteiger partial charge on any atom is 0.354 e. The Kier molecular flexibility index (Phi) is 14.9. The van der Waals surface area contributed by atoms with Crippen LogP contribution in [-0.4, -0.2) is 112 Å². The summed E-state index contributed by atoms with van der Waals surface area (Å²) in [4.78, 5) is 44.7. The number of hydrogen-bond acceptors (Lipinski definition) is 11. The predicted molar refractivity (Wildman–Crippen MR) is 167 cm³/mol. The molecule has 0 radical (unpaired) electrons. The number of pyridine rings is 2. The van der Waals surface area contributed by atoms with Gasteiger partial charge in [0.15, 0.2) is 0 Å². The summed E-state index contributed by atoms with van der Waals surface area (Å²) in [6.07, 6.45) is 0. The Morgan fingerprint density at radius 2 is 1.41 bits per heavy atom. The fourth-order valence-electron chi connectivity index (χ4n) is 4.90. The van der Waals surface area contributed by atoms with E-state index in [2.05, 4.69) is 58.9 Å². The van der Waals surface area contributed by atoms with Crippen molar-refractivity contribution in [3.63, 3.8) is 0 Å². The number of ether oxygens (including phenoxy) is 1. The van der Waals surface area contributed by atoms with Crippen molar-refractivity contribution in [3.8, 4) is 5.88 Å². The highest BCUT2D eigenvalue weighted by Crippen LogP contribution is 2.15. The largest absolute Gasteiger partial charge is 1.00 e. The number of nitrogens with zero attached hydrogens (tertiary/aromatic N) is 7. The molecule has 0 saturated carbocycles. The average molecular weight is 731 g/mol. The molecule has 0 aliphatic carbocycles. The van der Waals surface area contributed by atoms with Gasteiger partial charge < -0.3 is 38.7 Å². The molecule has 234 valence electrons. The molecular weight excluding hydrogens is 693 g/mol. The zero-order valence-electron chi connectivity index (χ0n) is 24.7. The lowest BCUT2D eigenvalue weighted by Crippen LogP contribution is -3.00. The molecule has 0 bridgehead atoms. The van der Waals surface area contributed by atoms with Gasteiger partial charge in [0.1, 0.15) is 5.69 Å². The molecule has 1 saturated heterocycles. The number of carbonyl (C=O) groups is 2. The van der Waals surface area contributed by atoms with E-state index in [-0.39, 0.29) is 29.7 Å². The first kappa shape index (κ1) is 35.3. The van der Waals surface area contributed by atoms with Crippen LogP contribution in [0.4, 0.5) is 5.69 Å². The number of likely N-dealkylation sites (N-methyl/N-ethyl adjacent to an activating group) is 1. The fourth-order valence-corrected chi connectivity index (χ4v) is 5.01. The van der Waals surface area contributed by atoms with Crippen molar-refractivity contribution >= 4 is 35.5 Å². The zero-order valence-corrected chi connectivity index (χ0v) is 27.7. The van der Waals surface area contributed by atoms with E-state index < -0.39 is 5.97 Å². The Hall–Kier alpha value is -3.17. The molecule has 3 heterocycles. The molecule has 1 aliphatic rings. The van der Waals surface area contributed by atoms with E-state index in [1.165, 1.54) is 11.6 Å². The number of carbonyl (C=O) groups excluding carboxylic acids is 1. The van der Waals surface area contributed by atoms with E-state index in [4.69, 9.17) is 17.0 Å². The van der Waals surface area contributed by atoms with Crippen LogP contribution in [0.3, 0.4) is 0 Å². The lowest BCUT2D eigenvalue weighted by Gasteiger charge is -2.33. The third kappa shape index (κ3) is 11.7. The second-order valence-corrected chi connectivity index (χ2v) is 10.7. The first-order valence-electron chi connectivity index (χ1n) is 14.2. The van der Waals surface area contributed by atoms with E-state index in [1.54, 1.807) is 12.1 Å². The fraction of sp³-hybridized carbons (Fsp3) is 0.387. The molecule has 4 rings (SSSR count). The predicted octanol–water partition coefficient (Wildman–Crippen LogP) is 0.200. The van der Waals surface area contributed by atoms with Crippen LogP contribution >= 0.6 is 12.2 Å². The van der Waals surface area contributed by atoms with Crippen LogP contribution in [-0.2, 0) is 24.4 Å². The van der Waals surface area contributed by atoms with Gasteiger partial charge in [0.2, 0.25) is 5.88 Å². The summed E-state index contributed by atoms with van der Waals surface area (Å²) in [7, 11) is 2.12. The summed E-state index contributed by atoms with van der Waals surface area (Å²) in [6.45, 7) is 9.02. The van der Waals surface area contributed by atoms with E-state index >= 15 is 0 Å². The standard InChI is InChI=1S/C31H37N7O4S.HI/c1-35-12-14-37(21-27-4-2-6-29(33-27)31(40)41)18-16-36(20-25-8-10-26(11-9-25)32-23-43)17-19-38(15-13-35)22-28-5-3-7-30(34-28)42-24-39;/h2-11,24H,12-22H2,1H3,(H,40,41);1H/p-1. The lowest BCUT2D eigenvalue weighted by molar-refractivity contribution is -0.120. The Balaban J connectivity index is 0.00000529. The normalized spacial score (nSPS) is 16.0. The molecule has 1 fully saturated rings. The summed E-state index contributed by atoms with van der Waals surface area (Å²) in [5.41, 5.74) is 3.60. The highest BCUT2D eigenvalue weighted by molar-refractivity contribution is 7.78. The molecular formula is C31H37IN7O4S-. The smallest absolute Gasteiger partial charge is 0.354 e. The van der Waals surface area contributed by atoms with Crippen LogP contribution in [0.2, 0.25) is 0 Å².